The first-order chi connectivity index (χ1) is 9.19. The average molecular weight is 278 g/mol. The van der Waals surface area contributed by atoms with Crippen LogP contribution in [0.25, 0.3) is 0 Å². The largest absolute Gasteiger partial charge is 0.309 e. The molecule has 3 rings (SSSR count). The van der Waals surface area contributed by atoms with Gasteiger partial charge in [-0.2, -0.15) is 0 Å². The number of hydrogen-bond donors (Lipinski definition) is 1. The van der Waals surface area contributed by atoms with Crippen molar-refractivity contribution < 1.29 is 0 Å². The smallest absolute Gasteiger partial charge is 0.0965 e. The zero-order chi connectivity index (χ0) is 13.4. The van der Waals surface area contributed by atoms with Gasteiger partial charge in [0, 0.05) is 16.8 Å². The molecule has 106 valence electrons. The predicted octanol–water partition coefficient (Wildman–Crippen LogP) is 4.42. The summed E-state index contributed by atoms with van der Waals surface area (Å²) in [7, 11) is 0. The Balaban J connectivity index is 1.74. The van der Waals surface area contributed by atoms with Gasteiger partial charge < -0.3 is 5.32 Å². The Morgan fingerprint density at radius 2 is 2.21 bits per heavy atom. The summed E-state index contributed by atoms with van der Waals surface area (Å²) in [6.45, 7) is 7.79. The molecule has 0 aromatic carbocycles. The molecule has 0 aliphatic heterocycles. The summed E-state index contributed by atoms with van der Waals surface area (Å²) in [5, 5.41) is 5.03. The molecule has 2 bridgehead atoms. The molecule has 2 fully saturated rings. The second-order valence-electron chi connectivity index (χ2n) is 6.46. The third kappa shape index (κ3) is 2.59. The highest BCUT2D eigenvalue weighted by atomic mass is 32.1. The third-order valence-corrected chi connectivity index (χ3v) is 6.47. The van der Waals surface area contributed by atoms with E-state index >= 15 is 0 Å². The maximum atomic E-state index is 4.92. The fraction of sp³-hybridized carbons (Fsp3) is 0.812. The summed E-state index contributed by atoms with van der Waals surface area (Å²) in [6.07, 6.45) is 7.01. The number of fused-ring (bicyclic) bond motifs is 2. The molecule has 3 heteroatoms. The molecule has 1 heterocycles. The number of thiazole rings is 1. The van der Waals surface area contributed by atoms with Crippen LogP contribution >= 0.6 is 11.3 Å². The molecule has 0 saturated heterocycles. The predicted molar refractivity (Wildman–Crippen MR) is 81.7 cm³/mol. The number of nitrogens with zero attached hydrogens (tertiary/aromatic N) is 1. The van der Waals surface area contributed by atoms with Crippen LogP contribution in [0.5, 0.6) is 0 Å². The average Bonchev–Trinajstić information content (AvgIpc) is 3.09. The van der Waals surface area contributed by atoms with Crippen molar-refractivity contribution in [3.8, 4) is 0 Å². The van der Waals surface area contributed by atoms with E-state index in [1.165, 1.54) is 47.7 Å². The minimum atomic E-state index is 0.463. The van der Waals surface area contributed by atoms with Gasteiger partial charge in [-0.15, -0.1) is 11.3 Å². The van der Waals surface area contributed by atoms with Gasteiger partial charge in [0.15, 0.2) is 0 Å². The van der Waals surface area contributed by atoms with E-state index in [2.05, 4.69) is 26.1 Å². The van der Waals surface area contributed by atoms with Crippen molar-refractivity contribution in [1.29, 1.82) is 0 Å². The van der Waals surface area contributed by atoms with Crippen LogP contribution in [0.2, 0.25) is 0 Å². The van der Waals surface area contributed by atoms with Gasteiger partial charge in [-0.25, -0.2) is 4.98 Å². The number of aryl methyl sites for hydroxylation is 1. The Kier molecular flexibility index (Phi) is 3.95. The fourth-order valence-electron chi connectivity index (χ4n) is 3.99. The van der Waals surface area contributed by atoms with Gasteiger partial charge >= 0.3 is 0 Å². The topological polar surface area (TPSA) is 24.9 Å². The first-order valence-electron chi connectivity index (χ1n) is 7.89. The number of hydrogen-bond acceptors (Lipinski definition) is 3. The molecule has 2 nitrogen and oxygen atoms in total. The molecule has 2 aliphatic carbocycles. The summed E-state index contributed by atoms with van der Waals surface area (Å²) >= 11 is 1.98. The summed E-state index contributed by atoms with van der Waals surface area (Å²) < 4.78 is 0. The molecule has 19 heavy (non-hydrogen) atoms. The highest BCUT2D eigenvalue weighted by Gasteiger charge is 2.41. The van der Waals surface area contributed by atoms with Crippen LogP contribution < -0.4 is 5.32 Å². The molecule has 1 N–H and O–H groups in total. The van der Waals surface area contributed by atoms with Gasteiger partial charge in [0.25, 0.3) is 0 Å². The minimum Gasteiger partial charge on any atom is -0.309 e. The van der Waals surface area contributed by atoms with Crippen molar-refractivity contribution in [2.75, 3.05) is 6.54 Å². The van der Waals surface area contributed by atoms with E-state index in [1.54, 1.807) is 0 Å². The fourth-order valence-corrected chi connectivity index (χ4v) is 5.29. The maximum absolute atomic E-state index is 4.92. The monoisotopic (exact) mass is 278 g/mol. The van der Waals surface area contributed by atoms with Gasteiger partial charge in [0.2, 0.25) is 0 Å². The van der Waals surface area contributed by atoms with E-state index in [1.807, 2.05) is 11.3 Å². The molecular formula is C16H26N2S. The van der Waals surface area contributed by atoms with E-state index < -0.39 is 0 Å². The lowest BCUT2D eigenvalue weighted by Crippen LogP contribution is -2.18. The van der Waals surface area contributed by atoms with Gasteiger partial charge in [-0.05, 0) is 57.9 Å². The molecule has 2 saturated carbocycles. The van der Waals surface area contributed by atoms with Gasteiger partial charge in [0.1, 0.15) is 0 Å². The van der Waals surface area contributed by atoms with Crippen LogP contribution in [0, 0.1) is 18.8 Å². The third-order valence-electron chi connectivity index (χ3n) is 5.00. The Hall–Kier alpha value is -0.410. The molecule has 2 aliphatic rings. The van der Waals surface area contributed by atoms with Crippen molar-refractivity contribution >= 4 is 11.3 Å². The standard InChI is InChI=1S/C16H26N2S/c1-4-7-17-10(2)15-11(3)18-16(19-15)14-9-12-5-6-13(14)8-12/h10,12-14,17H,4-9H2,1-3H3. The van der Waals surface area contributed by atoms with Crippen molar-refractivity contribution in [1.82, 2.24) is 10.3 Å². The lowest BCUT2D eigenvalue weighted by molar-refractivity contribution is 0.418. The summed E-state index contributed by atoms with van der Waals surface area (Å²) in [5.74, 6) is 2.75. The first-order valence-corrected chi connectivity index (χ1v) is 8.71. The van der Waals surface area contributed by atoms with Gasteiger partial charge in [0.05, 0.1) is 10.7 Å². The molecule has 1 aromatic heterocycles. The van der Waals surface area contributed by atoms with Gasteiger partial charge in [-0.1, -0.05) is 13.3 Å². The van der Waals surface area contributed by atoms with E-state index in [0.29, 0.717) is 6.04 Å². The Morgan fingerprint density at radius 3 is 2.84 bits per heavy atom. The first kappa shape index (κ1) is 13.6. The molecule has 0 spiro atoms. The van der Waals surface area contributed by atoms with E-state index in [0.717, 1.165) is 24.3 Å². The van der Waals surface area contributed by atoms with Gasteiger partial charge in [-0.3, -0.25) is 0 Å². The molecule has 4 atom stereocenters. The molecule has 1 aromatic rings. The van der Waals surface area contributed by atoms with Crippen molar-refractivity contribution in [2.24, 2.45) is 11.8 Å². The van der Waals surface area contributed by atoms with Crippen LogP contribution in [0.3, 0.4) is 0 Å². The molecule has 0 amide bonds. The maximum Gasteiger partial charge on any atom is 0.0965 e. The summed E-state index contributed by atoms with van der Waals surface area (Å²) in [5.41, 5.74) is 1.26. The van der Waals surface area contributed by atoms with Crippen LogP contribution in [0.4, 0.5) is 0 Å². The van der Waals surface area contributed by atoms with Crippen molar-refractivity contribution in [3.05, 3.63) is 15.6 Å². The zero-order valence-electron chi connectivity index (χ0n) is 12.4. The Morgan fingerprint density at radius 1 is 1.37 bits per heavy atom. The molecule has 4 unspecified atom stereocenters. The molecule has 0 radical (unpaired) electrons. The normalized spacial score (nSPS) is 31.0. The van der Waals surface area contributed by atoms with Crippen molar-refractivity contribution in [2.45, 2.75) is 64.8 Å². The zero-order valence-corrected chi connectivity index (χ0v) is 13.2. The van der Waals surface area contributed by atoms with E-state index in [4.69, 9.17) is 4.98 Å². The quantitative estimate of drug-likeness (QED) is 0.862. The van der Waals surface area contributed by atoms with Crippen LogP contribution in [0.15, 0.2) is 0 Å². The summed E-state index contributed by atoms with van der Waals surface area (Å²) in [4.78, 5) is 6.38. The van der Waals surface area contributed by atoms with Crippen LogP contribution in [0.1, 0.15) is 73.5 Å². The highest BCUT2D eigenvalue weighted by Crippen LogP contribution is 2.53. The Labute approximate surface area is 121 Å². The number of aromatic nitrogens is 1. The van der Waals surface area contributed by atoms with Crippen LogP contribution in [-0.2, 0) is 0 Å². The molecular weight excluding hydrogens is 252 g/mol. The minimum absolute atomic E-state index is 0.463. The van der Waals surface area contributed by atoms with E-state index in [-0.39, 0.29) is 0 Å². The second kappa shape index (κ2) is 5.53. The number of nitrogens with one attached hydrogen (secondary N) is 1. The van der Waals surface area contributed by atoms with Crippen LogP contribution in [-0.4, -0.2) is 11.5 Å². The lowest BCUT2D eigenvalue weighted by Gasteiger charge is -2.19. The van der Waals surface area contributed by atoms with Crippen molar-refractivity contribution in [3.63, 3.8) is 0 Å². The lowest BCUT2D eigenvalue weighted by atomic mass is 9.89. The second-order valence-corrected chi connectivity index (χ2v) is 7.52. The van der Waals surface area contributed by atoms with E-state index in [9.17, 15) is 0 Å². The highest BCUT2D eigenvalue weighted by molar-refractivity contribution is 7.11. The number of rotatable bonds is 5. The SMILES string of the molecule is CCCNC(C)c1sc(C2CC3CCC2C3)nc1C. The Bertz CT molecular complexity index is 440. The summed E-state index contributed by atoms with van der Waals surface area (Å²) in [6, 6.07) is 0.463.